The zero-order valence-corrected chi connectivity index (χ0v) is 9.82. The predicted molar refractivity (Wildman–Crippen MR) is 48.6 cm³/mol. The molecule has 2 nitrogen and oxygen atoms in total. The summed E-state index contributed by atoms with van der Waals surface area (Å²) in [6.45, 7) is 0. The van der Waals surface area contributed by atoms with Gasteiger partial charge in [-0.2, -0.15) is 0 Å². The molecule has 0 amide bonds. The average Bonchev–Trinajstić information content (AvgIpc) is 2.48. The number of aromatic nitrogens is 1. The molecule has 0 saturated carbocycles. The standard InChI is InChI=1S/C8H7FIN2S/c1-10-5-3-2-4(9)6-7(5)13-8(11)12-6/h2-3H,1H3,(H2,11,12)/q-1. The monoisotopic (exact) mass is 309 g/mol. The topological polar surface area (TPSA) is 38.9 Å². The Kier molecular flexibility index (Phi) is 2.37. The third-order valence-electron chi connectivity index (χ3n) is 1.67. The Labute approximate surface area is 89.2 Å². The number of halogens is 2. The fourth-order valence-electron chi connectivity index (χ4n) is 1.11. The Balaban J connectivity index is 2.83. The summed E-state index contributed by atoms with van der Waals surface area (Å²) in [5.41, 5.74) is 5.97. The quantitative estimate of drug-likeness (QED) is 0.537. The molecule has 0 atom stereocenters. The van der Waals surface area contributed by atoms with Gasteiger partial charge in [0.25, 0.3) is 0 Å². The summed E-state index contributed by atoms with van der Waals surface area (Å²) in [5, 5.41) is 0.443. The summed E-state index contributed by atoms with van der Waals surface area (Å²) in [6, 6.07) is 3.31. The van der Waals surface area contributed by atoms with Crippen molar-refractivity contribution in [2.75, 3.05) is 10.7 Å². The number of anilines is 1. The summed E-state index contributed by atoms with van der Waals surface area (Å²) >= 11 is 1.33. The molecule has 0 bridgehead atoms. The van der Waals surface area contributed by atoms with Gasteiger partial charge in [-0.05, 0) is 0 Å². The van der Waals surface area contributed by atoms with E-state index >= 15 is 0 Å². The molecule has 5 heteroatoms. The van der Waals surface area contributed by atoms with Gasteiger partial charge in [-0.3, -0.25) is 0 Å². The van der Waals surface area contributed by atoms with Crippen molar-refractivity contribution in [3.63, 3.8) is 0 Å². The van der Waals surface area contributed by atoms with Crippen molar-refractivity contribution < 1.29 is 25.6 Å². The number of nitrogens with zero attached hydrogens (tertiary/aromatic N) is 1. The van der Waals surface area contributed by atoms with Crippen LogP contribution >= 0.6 is 11.3 Å². The van der Waals surface area contributed by atoms with Crippen LogP contribution in [0.5, 0.6) is 0 Å². The molecule has 2 N–H and O–H groups in total. The maximum absolute atomic E-state index is 13.2. The van der Waals surface area contributed by atoms with E-state index in [9.17, 15) is 4.39 Å². The van der Waals surface area contributed by atoms with Crippen LogP contribution in [0.1, 0.15) is 0 Å². The first-order valence-electron chi connectivity index (χ1n) is 3.56. The molecule has 1 heterocycles. The van der Waals surface area contributed by atoms with E-state index in [1.807, 2.05) is 6.07 Å². The van der Waals surface area contributed by atoms with E-state index in [-0.39, 0.29) is 27.0 Å². The van der Waals surface area contributed by atoms with Crippen molar-refractivity contribution in [2.24, 2.45) is 0 Å². The third-order valence-corrected chi connectivity index (χ3v) is 5.01. The van der Waals surface area contributed by atoms with Crippen molar-refractivity contribution in [3.8, 4) is 0 Å². The fourth-order valence-corrected chi connectivity index (χ4v) is 3.99. The predicted octanol–water partition coefficient (Wildman–Crippen LogP) is -1.09. The van der Waals surface area contributed by atoms with Gasteiger partial charge in [0.2, 0.25) is 0 Å². The number of nitrogens with two attached hydrogens (primary N) is 1. The van der Waals surface area contributed by atoms with Gasteiger partial charge in [0.05, 0.1) is 0 Å². The summed E-state index contributed by atoms with van der Waals surface area (Å²) in [4.78, 5) is 6.10. The number of rotatable bonds is 1. The molecular weight excluding hydrogens is 302 g/mol. The minimum atomic E-state index is -0.274. The summed E-state index contributed by atoms with van der Waals surface area (Å²) in [7, 11) is 0. The molecule has 2 aromatic rings. The molecule has 0 aliphatic rings. The van der Waals surface area contributed by atoms with Gasteiger partial charge in [0.1, 0.15) is 0 Å². The molecule has 0 radical (unpaired) electrons. The van der Waals surface area contributed by atoms with Crippen LogP contribution in [0.25, 0.3) is 10.2 Å². The molecule has 0 aliphatic carbocycles. The summed E-state index contributed by atoms with van der Waals surface area (Å²) in [6.07, 6.45) is 0. The number of thiazole rings is 1. The van der Waals surface area contributed by atoms with E-state index in [1.54, 1.807) is 0 Å². The van der Waals surface area contributed by atoms with Crippen LogP contribution in [0.4, 0.5) is 9.52 Å². The molecule has 70 valence electrons. The first-order chi connectivity index (χ1) is 6.22. The first kappa shape index (κ1) is 9.14. The summed E-state index contributed by atoms with van der Waals surface area (Å²) in [5.74, 6) is -0.274. The molecule has 13 heavy (non-hydrogen) atoms. The van der Waals surface area contributed by atoms with Gasteiger partial charge in [-0.15, -0.1) is 0 Å². The second-order valence-corrected chi connectivity index (χ2v) is 5.72. The van der Waals surface area contributed by atoms with Crippen LogP contribution in [-0.4, -0.2) is 9.91 Å². The fraction of sp³-hybridized carbons (Fsp3) is 0.125. The van der Waals surface area contributed by atoms with Crippen LogP contribution in [0.2, 0.25) is 0 Å². The average molecular weight is 309 g/mol. The van der Waals surface area contributed by atoms with Gasteiger partial charge in [-0.25, -0.2) is 0 Å². The van der Waals surface area contributed by atoms with Crippen molar-refractivity contribution in [1.29, 1.82) is 0 Å². The zero-order valence-electron chi connectivity index (χ0n) is 6.84. The molecule has 0 aliphatic heterocycles. The van der Waals surface area contributed by atoms with E-state index in [1.165, 1.54) is 21.0 Å². The van der Waals surface area contributed by atoms with Crippen LogP contribution in [0.15, 0.2) is 12.1 Å². The van der Waals surface area contributed by atoms with Gasteiger partial charge >= 0.3 is 89.4 Å². The number of nitrogen functional groups attached to an aromatic ring is 1. The van der Waals surface area contributed by atoms with Crippen molar-refractivity contribution in [3.05, 3.63) is 21.5 Å². The number of hydrogen-bond donors (Lipinski definition) is 1. The van der Waals surface area contributed by atoms with Crippen LogP contribution < -0.4 is 26.9 Å². The molecule has 0 fully saturated rings. The zero-order chi connectivity index (χ0) is 9.42. The van der Waals surface area contributed by atoms with Crippen molar-refractivity contribution in [2.45, 2.75) is 0 Å². The van der Waals surface area contributed by atoms with E-state index < -0.39 is 0 Å². The Morgan fingerprint density at radius 2 is 2.31 bits per heavy atom. The Morgan fingerprint density at radius 3 is 3.00 bits per heavy atom. The number of fused-ring (bicyclic) bond motifs is 1. The van der Waals surface area contributed by atoms with E-state index in [0.717, 1.165) is 4.70 Å². The van der Waals surface area contributed by atoms with Crippen molar-refractivity contribution in [1.82, 2.24) is 4.98 Å². The third kappa shape index (κ3) is 1.50. The summed E-state index contributed by atoms with van der Waals surface area (Å²) < 4.78 is 15.4. The Hall–Kier alpha value is -0.430. The Morgan fingerprint density at radius 1 is 1.54 bits per heavy atom. The SMILES string of the molecule is C[I-]c1ccc(F)c2nc(N)sc12. The van der Waals surface area contributed by atoms with Gasteiger partial charge < -0.3 is 0 Å². The number of benzene rings is 1. The van der Waals surface area contributed by atoms with Crippen LogP contribution in [0, 0.1) is 9.39 Å². The molecule has 0 unspecified atom stereocenters. The van der Waals surface area contributed by atoms with E-state index in [2.05, 4.69) is 9.91 Å². The number of hydrogen-bond acceptors (Lipinski definition) is 3. The van der Waals surface area contributed by atoms with Gasteiger partial charge in [0, 0.05) is 0 Å². The second-order valence-electron chi connectivity index (χ2n) is 2.45. The normalized spacial score (nSPS) is 11.2. The van der Waals surface area contributed by atoms with E-state index in [0.29, 0.717) is 10.6 Å². The second kappa shape index (κ2) is 3.38. The molecule has 2 rings (SSSR count). The minimum absolute atomic E-state index is 0.0441. The van der Waals surface area contributed by atoms with E-state index in [4.69, 9.17) is 5.73 Å². The molecular formula is C8H7FIN2S-. The molecule has 0 spiro atoms. The molecule has 0 saturated heterocycles. The van der Waals surface area contributed by atoms with Gasteiger partial charge in [0.15, 0.2) is 0 Å². The molecule has 1 aromatic heterocycles. The molecule has 1 aromatic carbocycles. The Bertz CT molecular complexity index is 455. The van der Waals surface area contributed by atoms with Crippen molar-refractivity contribution >= 4 is 26.7 Å². The maximum atomic E-state index is 13.2. The van der Waals surface area contributed by atoms with Gasteiger partial charge in [-0.1, -0.05) is 0 Å². The number of alkyl halides is 1. The van der Waals surface area contributed by atoms with Crippen LogP contribution in [-0.2, 0) is 0 Å². The van der Waals surface area contributed by atoms with Crippen LogP contribution in [0.3, 0.4) is 0 Å². The first-order valence-corrected chi connectivity index (χ1v) is 7.61.